The summed E-state index contributed by atoms with van der Waals surface area (Å²) < 4.78 is 47.9. The number of hydrogen-bond acceptors (Lipinski definition) is 16. The molecule has 17 atom stereocenters. The summed E-state index contributed by atoms with van der Waals surface area (Å²) in [6, 6.07) is 3.14. The molecule has 1 spiro atoms. The Morgan fingerprint density at radius 3 is 2.40 bits per heavy atom. The van der Waals surface area contributed by atoms with Gasteiger partial charge in [0.1, 0.15) is 41.8 Å². The maximum Gasteiger partial charge on any atom is 0.379 e. The Balaban J connectivity index is 0.968. The number of carbonyl (C=O) groups is 4. The quantitative estimate of drug-likeness (QED) is 0.115. The first-order chi connectivity index (χ1) is 32.3. The van der Waals surface area contributed by atoms with Crippen molar-refractivity contribution in [3.8, 4) is 5.75 Å². The summed E-state index contributed by atoms with van der Waals surface area (Å²) >= 11 is 6.29. The third kappa shape index (κ3) is 9.02. The van der Waals surface area contributed by atoms with Crippen molar-refractivity contribution in [2.75, 3.05) is 7.11 Å². The number of aliphatic hydroxyl groups is 4. The van der Waals surface area contributed by atoms with Crippen LogP contribution in [0.3, 0.4) is 0 Å². The number of aliphatic carboxylic acids is 1. The van der Waals surface area contributed by atoms with Crippen molar-refractivity contribution in [3.05, 3.63) is 75.8 Å². The molecule has 17 nitrogen and oxygen atoms in total. The molecule has 1 saturated carbocycles. The van der Waals surface area contributed by atoms with Gasteiger partial charge in [-0.25, -0.2) is 14.4 Å². The lowest BCUT2D eigenvalue weighted by atomic mass is 9.55. The molecule has 0 amide bonds. The number of carboxylic acid groups (broad SMARTS) is 1. The summed E-state index contributed by atoms with van der Waals surface area (Å²) in [6.07, 6.45) is 2.29. The van der Waals surface area contributed by atoms with E-state index in [0.717, 1.165) is 12.8 Å². The summed E-state index contributed by atoms with van der Waals surface area (Å²) in [4.78, 5) is 54.0. The maximum absolute atomic E-state index is 14.8. The van der Waals surface area contributed by atoms with Crippen LogP contribution in [0.2, 0.25) is 5.02 Å². The second kappa shape index (κ2) is 19.8. The van der Waals surface area contributed by atoms with Crippen molar-refractivity contribution in [3.63, 3.8) is 0 Å². The standard InChI is InChI=1S/C50H63ClO17/c1-23-22-50-28(20-30(23)44(56)57)13-10-8-7-9-12-27-16-17-29-31(49(27,5)48(60)67-42(43(50)55)46(59)68-50)14-11-15-33(29)65-47-40(54)39(53)41(26(4)63-47)66-36-21-35(38(52)25(3)62-36)64-45(58)37-24(2)32(51)18-19-34(37)61-6/h10,13,16-20,23,25-29,31,33,35-36,38-41,47,52-55H,7-9,11-12,14-15,21-22H2,1-6H3,(H,56,57)/b13-10+/t23-,25-,26+,27-,28-,29+,31-,33+,35-,36+,38-,39+,40?,41+,47+,49-,50+/m1/s1. The van der Waals surface area contributed by atoms with E-state index in [1.165, 1.54) is 13.2 Å². The zero-order chi connectivity index (χ0) is 49.0. The van der Waals surface area contributed by atoms with Gasteiger partial charge in [0.05, 0.1) is 30.8 Å². The topological polar surface area (TPSA) is 243 Å². The van der Waals surface area contributed by atoms with Gasteiger partial charge < -0.3 is 63.4 Å². The predicted molar refractivity (Wildman–Crippen MR) is 240 cm³/mol. The molecule has 2 saturated heterocycles. The lowest BCUT2D eigenvalue weighted by molar-refractivity contribution is -0.343. The molecule has 4 aliphatic heterocycles. The van der Waals surface area contributed by atoms with Crippen LogP contribution in [0.15, 0.2) is 59.6 Å². The van der Waals surface area contributed by atoms with Crippen molar-refractivity contribution in [2.24, 2.45) is 35.0 Å². The maximum atomic E-state index is 14.8. The van der Waals surface area contributed by atoms with Crippen molar-refractivity contribution in [2.45, 2.75) is 159 Å². The Morgan fingerprint density at radius 2 is 1.66 bits per heavy atom. The highest BCUT2D eigenvalue weighted by molar-refractivity contribution is 6.32. The number of fused-ring (bicyclic) bond motifs is 3. The van der Waals surface area contributed by atoms with Crippen LogP contribution in [0.1, 0.15) is 101 Å². The molecule has 3 fully saturated rings. The zero-order valence-electron chi connectivity index (χ0n) is 39.1. The molecular formula is C50H63ClO17. The number of benzene rings is 1. The first-order valence-electron chi connectivity index (χ1n) is 23.7. The number of aliphatic hydroxyl groups excluding tert-OH is 4. The number of methoxy groups -OCH3 is 1. The summed E-state index contributed by atoms with van der Waals surface area (Å²) in [5.41, 5.74) is -2.17. The van der Waals surface area contributed by atoms with Gasteiger partial charge in [-0.05, 0) is 95.2 Å². The first-order valence-corrected chi connectivity index (χ1v) is 24.1. The minimum atomic E-state index is -1.65. The number of halogens is 1. The number of carbonyl (C=O) groups excluding carboxylic acids is 3. The van der Waals surface area contributed by atoms with Gasteiger partial charge >= 0.3 is 23.9 Å². The molecule has 0 aromatic heterocycles. The van der Waals surface area contributed by atoms with Gasteiger partial charge in [-0.15, -0.1) is 0 Å². The molecule has 4 heterocycles. The average molecular weight is 971 g/mol. The monoisotopic (exact) mass is 970 g/mol. The van der Waals surface area contributed by atoms with Crippen LogP contribution in [0.25, 0.3) is 0 Å². The fourth-order valence-electron chi connectivity index (χ4n) is 11.6. The SMILES string of the molecule is COc1ccc(Cl)c(C)c1C(=O)O[C@@H]1C[C@H](O[C@H]2[C@H](C)O[C@@H](O[C@H]3CCC[C@@H]4[C@@H]3C=C[C@H]3CCCC/C=C/[C@@H]5C=C(C(=O)O)[C@H](C)C[C@]56OC(=O)C(=C6O)OC(=O)[C@@]43C)C(O)[C@@H]2O)O[C@H](C)[C@H]1O. The third-order valence-electron chi connectivity index (χ3n) is 15.6. The molecule has 8 rings (SSSR count). The van der Waals surface area contributed by atoms with Gasteiger partial charge in [-0.2, -0.15) is 0 Å². The Kier molecular flexibility index (Phi) is 14.6. The summed E-state index contributed by atoms with van der Waals surface area (Å²) in [5.74, 6) is -6.97. The van der Waals surface area contributed by atoms with Crippen LogP contribution in [0.4, 0.5) is 0 Å². The minimum Gasteiger partial charge on any atom is -0.505 e. The highest BCUT2D eigenvalue weighted by Crippen LogP contribution is 2.55. The van der Waals surface area contributed by atoms with Gasteiger partial charge in [0.25, 0.3) is 5.76 Å². The van der Waals surface area contributed by atoms with E-state index in [-0.39, 0.29) is 47.5 Å². The number of rotatable bonds is 8. The zero-order valence-corrected chi connectivity index (χ0v) is 39.8. The van der Waals surface area contributed by atoms with E-state index in [1.807, 2.05) is 25.2 Å². The molecule has 5 N–H and O–H groups in total. The lowest BCUT2D eigenvalue weighted by Crippen LogP contribution is -2.61. The van der Waals surface area contributed by atoms with E-state index in [4.69, 9.17) is 49.5 Å². The summed E-state index contributed by atoms with van der Waals surface area (Å²) in [5, 5.41) is 56.2. The fourth-order valence-corrected chi connectivity index (χ4v) is 11.8. The van der Waals surface area contributed by atoms with Gasteiger partial charge in [0.2, 0.25) is 0 Å². The Bertz CT molecular complexity index is 2260. The van der Waals surface area contributed by atoms with Gasteiger partial charge in [0.15, 0.2) is 23.9 Å². The molecule has 18 heteroatoms. The van der Waals surface area contributed by atoms with E-state index >= 15 is 0 Å². The van der Waals surface area contributed by atoms with Crippen LogP contribution in [0, 0.1) is 41.9 Å². The number of hydrogen-bond donors (Lipinski definition) is 5. The van der Waals surface area contributed by atoms with Crippen LogP contribution in [0.5, 0.6) is 5.75 Å². The second-order valence-electron chi connectivity index (χ2n) is 19.7. The fraction of sp³-hybridized carbons (Fsp3) is 0.640. The highest BCUT2D eigenvalue weighted by Gasteiger charge is 2.60. The van der Waals surface area contributed by atoms with Gasteiger partial charge in [-0.1, -0.05) is 61.7 Å². The molecule has 2 bridgehead atoms. The van der Waals surface area contributed by atoms with Crippen molar-refractivity contribution >= 4 is 35.5 Å². The second-order valence-corrected chi connectivity index (χ2v) is 20.1. The van der Waals surface area contributed by atoms with Crippen LogP contribution >= 0.6 is 11.6 Å². The van der Waals surface area contributed by atoms with Crippen LogP contribution in [-0.4, -0.2) is 124 Å². The van der Waals surface area contributed by atoms with E-state index in [2.05, 4.69) is 0 Å². The number of allylic oxidation sites excluding steroid dienone is 2. The average Bonchev–Trinajstić information content (AvgIpc) is 3.52. The largest absolute Gasteiger partial charge is 0.505 e. The third-order valence-corrected chi connectivity index (χ3v) is 16.0. The number of carboxylic acids is 1. The Morgan fingerprint density at radius 1 is 0.897 bits per heavy atom. The van der Waals surface area contributed by atoms with E-state index in [9.17, 15) is 44.7 Å². The Labute approximate surface area is 400 Å². The van der Waals surface area contributed by atoms with E-state index in [0.29, 0.717) is 42.7 Å². The lowest BCUT2D eigenvalue weighted by Gasteiger charge is -2.51. The summed E-state index contributed by atoms with van der Waals surface area (Å²) in [7, 11) is 1.41. The van der Waals surface area contributed by atoms with Crippen molar-refractivity contribution in [1.82, 2.24) is 0 Å². The van der Waals surface area contributed by atoms with Crippen LogP contribution < -0.4 is 4.74 Å². The normalized spacial score (nSPS) is 41.1. The van der Waals surface area contributed by atoms with Crippen LogP contribution in [-0.2, 0) is 47.5 Å². The number of esters is 3. The molecular weight excluding hydrogens is 908 g/mol. The van der Waals surface area contributed by atoms with E-state index < -0.39 is 120 Å². The first kappa shape index (κ1) is 50.1. The number of ether oxygens (including phenoxy) is 8. The minimum absolute atomic E-state index is 0.0304. The molecule has 0 radical (unpaired) electrons. The molecule has 1 aromatic carbocycles. The van der Waals surface area contributed by atoms with Crippen molar-refractivity contribution < 1.29 is 82.6 Å². The Hall–Kier alpha value is -4.33. The van der Waals surface area contributed by atoms with Gasteiger partial charge in [-0.3, -0.25) is 4.79 Å². The molecule has 3 aliphatic carbocycles. The molecule has 68 heavy (non-hydrogen) atoms. The van der Waals surface area contributed by atoms with E-state index in [1.54, 1.807) is 45.9 Å². The highest BCUT2D eigenvalue weighted by atomic mass is 35.5. The predicted octanol–water partition coefficient (Wildman–Crippen LogP) is 5.93. The van der Waals surface area contributed by atoms with Crippen molar-refractivity contribution in [1.29, 1.82) is 0 Å². The smallest absolute Gasteiger partial charge is 0.379 e. The molecule has 372 valence electrons. The van der Waals surface area contributed by atoms with Gasteiger partial charge in [0, 0.05) is 35.3 Å². The molecule has 1 aromatic rings. The molecule has 1 unspecified atom stereocenters. The summed E-state index contributed by atoms with van der Waals surface area (Å²) in [6.45, 7) is 8.39. The molecule has 7 aliphatic rings.